The molecule has 1 aromatic rings. The van der Waals surface area contributed by atoms with E-state index in [2.05, 4.69) is 5.32 Å². The van der Waals surface area contributed by atoms with Gasteiger partial charge in [-0.2, -0.15) is 0 Å². The van der Waals surface area contributed by atoms with Crippen molar-refractivity contribution >= 4 is 17.4 Å². The lowest BCUT2D eigenvalue weighted by Gasteiger charge is -2.15. The standard InChI is InChI=1S/C11H17N3O/c1-4-14(3)11(15)13-9-6-5-8(2)10(12)7-9/h5-7H,4,12H2,1-3H3,(H,13,15). The highest BCUT2D eigenvalue weighted by atomic mass is 16.2. The van der Waals surface area contributed by atoms with E-state index in [1.165, 1.54) is 0 Å². The Morgan fingerprint density at radius 1 is 1.53 bits per heavy atom. The second kappa shape index (κ2) is 4.68. The van der Waals surface area contributed by atoms with E-state index in [0.29, 0.717) is 12.2 Å². The summed E-state index contributed by atoms with van der Waals surface area (Å²) in [4.78, 5) is 13.1. The van der Waals surface area contributed by atoms with Gasteiger partial charge in [0, 0.05) is 25.0 Å². The minimum atomic E-state index is -0.124. The van der Waals surface area contributed by atoms with Crippen LogP contribution in [0, 0.1) is 6.92 Å². The molecule has 0 fully saturated rings. The number of hydrogen-bond acceptors (Lipinski definition) is 2. The molecule has 0 bridgehead atoms. The number of hydrogen-bond donors (Lipinski definition) is 2. The lowest BCUT2D eigenvalue weighted by molar-refractivity contribution is 0.224. The van der Waals surface area contributed by atoms with Crippen molar-refractivity contribution in [2.45, 2.75) is 13.8 Å². The van der Waals surface area contributed by atoms with Gasteiger partial charge in [-0.05, 0) is 31.5 Å². The maximum Gasteiger partial charge on any atom is 0.321 e. The van der Waals surface area contributed by atoms with Gasteiger partial charge in [-0.15, -0.1) is 0 Å². The van der Waals surface area contributed by atoms with E-state index in [1.54, 1.807) is 18.0 Å². The normalized spacial score (nSPS) is 9.80. The number of urea groups is 1. The van der Waals surface area contributed by atoms with Crippen molar-refractivity contribution in [3.05, 3.63) is 23.8 Å². The first-order chi connectivity index (χ1) is 7.04. The van der Waals surface area contributed by atoms with Gasteiger partial charge in [0.25, 0.3) is 0 Å². The summed E-state index contributed by atoms with van der Waals surface area (Å²) < 4.78 is 0. The summed E-state index contributed by atoms with van der Waals surface area (Å²) in [6.07, 6.45) is 0. The summed E-state index contributed by atoms with van der Waals surface area (Å²) in [5.41, 5.74) is 8.16. The lowest BCUT2D eigenvalue weighted by atomic mass is 10.2. The van der Waals surface area contributed by atoms with Gasteiger partial charge in [-0.25, -0.2) is 4.79 Å². The number of carbonyl (C=O) groups excluding carboxylic acids is 1. The molecule has 0 aliphatic carbocycles. The van der Waals surface area contributed by atoms with Crippen LogP contribution in [0.3, 0.4) is 0 Å². The van der Waals surface area contributed by atoms with Gasteiger partial charge in [-0.1, -0.05) is 6.07 Å². The Hall–Kier alpha value is -1.71. The third-order valence-corrected chi connectivity index (χ3v) is 2.35. The van der Waals surface area contributed by atoms with E-state index < -0.39 is 0 Å². The van der Waals surface area contributed by atoms with Crippen LogP contribution in [0.5, 0.6) is 0 Å². The Kier molecular flexibility index (Phi) is 3.55. The highest BCUT2D eigenvalue weighted by molar-refractivity contribution is 5.89. The van der Waals surface area contributed by atoms with E-state index in [4.69, 9.17) is 5.73 Å². The van der Waals surface area contributed by atoms with E-state index in [-0.39, 0.29) is 6.03 Å². The highest BCUT2D eigenvalue weighted by Crippen LogP contribution is 2.16. The average Bonchev–Trinajstić information content (AvgIpc) is 2.22. The number of nitrogens with two attached hydrogens (primary N) is 1. The van der Waals surface area contributed by atoms with Gasteiger partial charge >= 0.3 is 6.03 Å². The Balaban J connectivity index is 2.73. The molecule has 4 nitrogen and oxygen atoms in total. The third kappa shape index (κ3) is 2.87. The maximum atomic E-state index is 11.5. The SMILES string of the molecule is CCN(C)C(=O)Nc1ccc(C)c(N)c1. The minimum absolute atomic E-state index is 0.124. The monoisotopic (exact) mass is 207 g/mol. The van der Waals surface area contributed by atoms with Crippen LogP contribution in [0.4, 0.5) is 16.2 Å². The molecule has 0 spiro atoms. The molecule has 0 unspecified atom stereocenters. The van der Waals surface area contributed by atoms with Crippen molar-refractivity contribution in [3.8, 4) is 0 Å². The number of nitrogens with zero attached hydrogens (tertiary/aromatic N) is 1. The van der Waals surface area contributed by atoms with Crippen LogP contribution in [0.1, 0.15) is 12.5 Å². The Morgan fingerprint density at radius 3 is 2.73 bits per heavy atom. The minimum Gasteiger partial charge on any atom is -0.398 e. The van der Waals surface area contributed by atoms with Crippen LogP contribution >= 0.6 is 0 Å². The molecule has 1 aromatic carbocycles. The van der Waals surface area contributed by atoms with Crippen LogP contribution < -0.4 is 11.1 Å². The molecule has 3 N–H and O–H groups in total. The predicted molar refractivity (Wildman–Crippen MR) is 62.9 cm³/mol. The molecular formula is C11H17N3O. The van der Waals surface area contributed by atoms with Crippen LogP contribution in [0.15, 0.2) is 18.2 Å². The van der Waals surface area contributed by atoms with Gasteiger partial charge in [0.1, 0.15) is 0 Å². The van der Waals surface area contributed by atoms with Crippen molar-refractivity contribution < 1.29 is 4.79 Å². The second-order valence-electron chi connectivity index (χ2n) is 3.52. The van der Waals surface area contributed by atoms with Gasteiger partial charge in [0.2, 0.25) is 0 Å². The molecule has 82 valence electrons. The molecule has 0 aliphatic heterocycles. The van der Waals surface area contributed by atoms with E-state index >= 15 is 0 Å². The van der Waals surface area contributed by atoms with Gasteiger partial charge in [-0.3, -0.25) is 0 Å². The summed E-state index contributed by atoms with van der Waals surface area (Å²) in [5.74, 6) is 0. The van der Waals surface area contributed by atoms with Gasteiger partial charge in [0.05, 0.1) is 0 Å². The molecule has 15 heavy (non-hydrogen) atoms. The first-order valence-electron chi connectivity index (χ1n) is 4.92. The molecular weight excluding hydrogens is 190 g/mol. The number of anilines is 2. The molecule has 0 aliphatic rings. The zero-order valence-electron chi connectivity index (χ0n) is 9.37. The maximum absolute atomic E-state index is 11.5. The molecule has 0 atom stereocenters. The Morgan fingerprint density at radius 2 is 2.20 bits per heavy atom. The molecule has 0 aromatic heterocycles. The zero-order valence-corrected chi connectivity index (χ0v) is 9.37. The van der Waals surface area contributed by atoms with E-state index in [9.17, 15) is 4.79 Å². The predicted octanol–water partition coefficient (Wildman–Crippen LogP) is 2.06. The Bertz CT molecular complexity index is 363. The number of nitrogen functional groups attached to an aromatic ring is 1. The van der Waals surface area contributed by atoms with Crippen LogP contribution in [0.2, 0.25) is 0 Å². The fraction of sp³-hybridized carbons (Fsp3) is 0.364. The van der Waals surface area contributed by atoms with Gasteiger partial charge < -0.3 is 16.0 Å². The molecule has 0 heterocycles. The number of amides is 2. The fourth-order valence-corrected chi connectivity index (χ4v) is 1.08. The summed E-state index contributed by atoms with van der Waals surface area (Å²) in [5, 5.41) is 2.77. The quantitative estimate of drug-likeness (QED) is 0.729. The smallest absolute Gasteiger partial charge is 0.321 e. The summed E-state index contributed by atoms with van der Waals surface area (Å²) in [6.45, 7) is 4.52. The summed E-state index contributed by atoms with van der Waals surface area (Å²) >= 11 is 0. The topological polar surface area (TPSA) is 58.4 Å². The lowest BCUT2D eigenvalue weighted by Crippen LogP contribution is -2.30. The van der Waals surface area contributed by atoms with Crippen molar-refractivity contribution in [1.82, 2.24) is 4.90 Å². The summed E-state index contributed by atoms with van der Waals surface area (Å²) in [7, 11) is 1.74. The van der Waals surface area contributed by atoms with Crippen LogP contribution in [-0.4, -0.2) is 24.5 Å². The molecule has 4 heteroatoms. The number of aryl methyl sites for hydroxylation is 1. The van der Waals surface area contributed by atoms with E-state index in [1.807, 2.05) is 26.0 Å². The van der Waals surface area contributed by atoms with Crippen molar-refractivity contribution in [3.63, 3.8) is 0 Å². The largest absolute Gasteiger partial charge is 0.398 e. The molecule has 0 radical (unpaired) electrons. The first-order valence-corrected chi connectivity index (χ1v) is 4.92. The molecule has 2 amide bonds. The summed E-state index contributed by atoms with van der Waals surface area (Å²) in [6, 6.07) is 5.36. The first kappa shape index (κ1) is 11.4. The number of carbonyl (C=O) groups is 1. The van der Waals surface area contributed by atoms with Crippen LogP contribution in [-0.2, 0) is 0 Å². The zero-order chi connectivity index (χ0) is 11.4. The Labute approximate surface area is 90.1 Å². The average molecular weight is 207 g/mol. The number of benzene rings is 1. The molecule has 0 saturated heterocycles. The van der Waals surface area contributed by atoms with Crippen molar-refractivity contribution in [1.29, 1.82) is 0 Å². The number of rotatable bonds is 2. The van der Waals surface area contributed by atoms with Crippen molar-refractivity contribution in [2.75, 3.05) is 24.6 Å². The van der Waals surface area contributed by atoms with Gasteiger partial charge in [0.15, 0.2) is 0 Å². The van der Waals surface area contributed by atoms with Crippen molar-refractivity contribution in [2.24, 2.45) is 0 Å². The number of nitrogens with one attached hydrogen (secondary N) is 1. The van der Waals surface area contributed by atoms with Crippen LogP contribution in [0.25, 0.3) is 0 Å². The molecule has 1 rings (SSSR count). The second-order valence-corrected chi connectivity index (χ2v) is 3.52. The third-order valence-electron chi connectivity index (χ3n) is 2.35. The molecule has 0 saturated carbocycles. The van der Waals surface area contributed by atoms with E-state index in [0.717, 1.165) is 11.3 Å². The fourth-order valence-electron chi connectivity index (χ4n) is 1.08. The highest BCUT2D eigenvalue weighted by Gasteiger charge is 2.06.